The molecular formula is C17H23Cl2NO. The van der Waals surface area contributed by atoms with E-state index < -0.39 is 0 Å². The highest BCUT2D eigenvalue weighted by molar-refractivity contribution is 6.42. The van der Waals surface area contributed by atoms with Crippen LogP contribution < -0.4 is 5.32 Å². The van der Waals surface area contributed by atoms with Crippen LogP contribution in [0.4, 0.5) is 0 Å². The Morgan fingerprint density at radius 1 is 1.10 bits per heavy atom. The molecule has 21 heavy (non-hydrogen) atoms. The van der Waals surface area contributed by atoms with Crippen LogP contribution in [-0.2, 0) is 4.79 Å². The van der Waals surface area contributed by atoms with Crippen molar-refractivity contribution in [3.05, 3.63) is 39.9 Å². The largest absolute Gasteiger partial charge is 0.353 e. The van der Waals surface area contributed by atoms with Crippen LogP contribution in [0.25, 0.3) is 6.08 Å². The molecule has 0 heterocycles. The number of hydrogen-bond acceptors (Lipinski definition) is 1. The first-order valence-corrected chi connectivity index (χ1v) is 8.30. The first kappa shape index (κ1) is 18.1. The molecule has 1 aromatic rings. The van der Waals surface area contributed by atoms with Crippen molar-refractivity contribution < 1.29 is 4.79 Å². The van der Waals surface area contributed by atoms with Crippen LogP contribution in [0.3, 0.4) is 0 Å². The van der Waals surface area contributed by atoms with E-state index in [9.17, 15) is 4.79 Å². The third-order valence-electron chi connectivity index (χ3n) is 3.20. The van der Waals surface area contributed by atoms with Crippen molar-refractivity contribution in [2.24, 2.45) is 0 Å². The van der Waals surface area contributed by atoms with Crippen molar-refractivity contribution in [1.82, 2.24) is 5.32 Å². The lowest BCUT2D eigenvalue weighted by molar-refractivity contribution is -0.116. The van der Waals surface area contributed by atoms with E-state index in [0.717, 1.165) is 18.5 Å². The standard InChI is InChI=1S/C17H23Cl2NO/c1-2-3-4-5-6-7-12-20-17(21)11-9-14-8-10-15(18)16(19)13-14/h8-11,13H,2-7,12H2,1H3,(H,20,21)/b11-9+. The van der Waals surface area contributed by atoms with Crippen molar-refractivity contribution in [3.63, 3.8) is 0 Å². The van der Waals surface area contributed by atoms with E-state index in [1.165, 1.54) is 38.2 Å². The maximum atomic E-state index is 11.6. The van der Waals surface area contributed by atoms with Crippen LogP contribution in [0, 0.1) is 0 Å². The molecule has 0 bridgehead atoms. The summed E-state index contributed by atoms with van der Waals surface area (Å²) in [5.41, 5.74) is 0.860. The van der Waals surface area contributed by atoms with Crippen molar-refractivity contribution in [2.45, 2.75) is 45.4 Å². The monoisotopic (exact) mass is 327 g/mol. The Morgan fingerprint density at radius 3 is 2.52 bits per heavy atom. The Labute approximate surface area is 137 Å². The molecule has 0 saturated carbocycles. The predicted octanol–water partition coefficient (Wildman–Crippen LogP) is 5.48. The first-order valence-electron chi connectivity index (χ1n) is 7.54. The Kier molecular flexibility index (Phi) is 9.20. The molecule has 0 aliphatic heterocycles. The SMILES string of the molecule is CCCCCCCCNC(=O)/C=C/c1ccc(Cl)c(Cl)c1. The molecular weight excluding hydrogens is 305 g/mol. The van der Waals surface area contributed by atoms with E-state index in [2.05, 4.69) is 12.2 Å². The topological polar surface area (TPSA) is 29.1 Å². The number of halogens is 2. The molecule has 2 nitrogen and oxygen atoms in total. The van der Waals surface area contributed by atoms with E-state index in [0.29, 0.717) is 10.0 Å². The van der Waals surface area contributed by atoms with E-state index in [1.807, 2.05) is 6.07 Å². The maximum absolute atomic E-state index is 11.6. The molecule has 0 aliphatic rings. The lowest BCUT2D eigenvalue weighted by Gasteiger charge is -2.02. The van der Waals surface area contributed by atoms with Gasteiger partial charge >= 0.3 is 0 Å². The summed E-state index contributed by atoms with van der Waals surface area (Å²) in [6.45, 7) is 2.94. The fourth-order valence-corrected chi connectivity index (χ4v) is 2.27. The van der Waals surface area contributed by atoms with Gasteiger partial charge in [-0.05, 0) is 30.2 Å². The molecule has 4 heteroatoms. The van der Waals surface area contributed by atoms with Crippen molar-refractivity contribution in [2.75, 3.05) is 6.54 Å². The second kappa shape index (κ2) is 10.7. The summed E-state index contributed by atoms with van der Waals surface area (Å²) in [5.74, 6) is -0.0744. The zero-order valence-electron chi connectivity index (χ0n) is 12.5. The third-order valence-corrected chi connectivity index (χ3v) is 3.94. The minimum Gasteiger partial charge on any atom is -0.353 e. The van der Waals surface area contributed by atoms with Crippen LogP contribution >= 0.6 is 23.2 Å². The molecule has 0 aliphatic carbocycles. The number of hydrogen-bond donors (Lipinski definition) is 1. The average molecular weight is 328 g/mol. The highest BCUT2D eigenvalue weighted by Gasteiger charge is 1.98. The summed E-state index contributed by atoms with van der Waals surface area (Å²) >= 11 is 11.8. The number of unbranched alkanes of at least 4 members (excludes halogenated alkanes) is 5. The number of amides is 1. The van der Waals surface area contributed by atoms with Gasteiger partial charge in [0.2, 0.25) is 5.91 Å². The molecule has 0 aromatic heterocycles. The third kappa shape index (κ3) is 8.13. The van der Waals surface area contributed by atoms with Crippen molar-refractivity contribution >= 4 is 35.2 Å². The van der Waals surface area contributed by atoms with Gasteiger partial charge in [-0.25, -0.2) is 0 Å². The fourth-order valence-electron chi connectivity index (χ4n) is 1.96. The number of carbonyl (C=O) groups excluding carboxylic acids is 1. The van der Waals surface area contributed by atoms with Gasteiger partial charge < -0.3 is 5.32 Å². The summed E-state index contributed by atoms with van der Waals surface area (Å²) in [4.78, 5) is 11.6. The molecule has 0 saturated heterocycles. The molecule has 0 atom stereocenters. The van der Waals surface area contributed by atoms with Gasteiger partial charge in [0.05, 0.1) is 10.0 Å². The van der Waals surface area contributed by atoms with Gasteiger partial charge in [0.15, 0.2) is 0 Å². The molecule has 0 radical (unpaired) electrons. The summed E-state index contributed by atoms with van der Waals surface area (Å²) in [6, 6.07) is 5.28. The molecule has 0 unspecified atom stereocenters. The quantitative estimate of drug-likeness (QED) is 0.472. The number of rotatable bonds is 9. The summed E-state index contributed by atoms with van der Waals surface area (Å²) < 4.78 is 0. The van der Waals surface area contributed by atoms with Gasteiger partial charge in [0.1, 0.15) is 0 Å². The molecule has 1 N–H and O–H groups in total. The lowest BCUT2D eigenvalue weighted by Crippen LogP contribution is -2.21. The first-order chi connectivity index (χ1) is 10.1. The van der Waals surface area contributed by atoms with Crippen LogP contribution in [0.5, 0.6) is 0 Å². The molecule has 1 aromatic carbocycles. The summed E-state index contributed by atoms with van der Waals surface area (Å²) in [7, 11) is 0. The van der Waals surface area contributed by atoms with Gasteiger partial charge in [-0.15, -0.1) is 0 Å². The van der Waals surface area contributed by atoms with Crippen molar-refractivity contribution in [3.8, 4) is 0 Å². The average Bonchev–Trinajstić information content (AvgIpc) is 2.47. The van der Waals surface area contributed by atoms with Crippen LogP contribution in [-0.4, -0.2) is 12.5 Å². The van der Waals surface area contributed by atoms with E-state index in [-0.39, 0.29) is 5.91 Å². The number of nitrogens with one attached hydrogen (secondary N) is 1. The van der Waals surface area contributed by atoms with Gasteiger partial charge in [0, 0.05) is 12.6 Å². The lowest BCUT2D eigenvalue weighted by atomic mass is 10.1. The summed E-state index contributed by atoms with van der Waals surface area (Å²) in [5, 5.41) is 3.89. The maximum Gasteiger partial charge on any atom is 0.243 e. The van der Waals surface area contributed by atoms with Gasteiger partial charge in [-0.2, -0.15) is 0 Å². The zero-order chi connectivity index (χ0) is 15.5. The van der Waals surface area contributed by atoms with Crippen molar-refractivity contribution in [1.29, 1.82) is 0 Å². The van der Waals surface area contributed by atoms with Crippen LogP contribution in [0.15, 0.2) is 24.3 Å². The molecule has 1 amide bonds. The van der Waals surface area contributed by atoms with Gasteiger partial charge in [-0.3, -0.25) is 4.79 Å². The Bertz CT molecular complexity index is 472. The molecule has 0 spiro atoms. The minimum absolute atomic E-state index is 0.0744. The van der Waals surface area contributed by atoms with Crippen LogP contribution in [0.1, 0.15) is 51.0 Å². The molecule has 116 valence electrons. The second-order valence-corrected chi connectivity index (χ2v) is 5.88. The fraction of sp³-hybridized carbons (Fsp3) is 0.471. The smallest absolute Gasteiger partial charge is 0.243 e. The van der Waals surface area contributed by atoms with E-state index >= 15 is 0 Å². The van der Waals surface area contributed by atoms with Crippen LogP contribution in [0.2, 0.25) is 10.0 Å². The van der Waals surface area contributed by atoms with Gasteiger partial charge in [-0.1, -0.05) is 68.3 Å². The second-order valence-electron chi connectivity index (χ2n) is 5.07. The highest BCUT2D eigenvalue weighted by Crippen LogP contribution is 2.23. The minimum atomic E-state index is -0.0744. The van der Waals surface area contributed by atoms with Gasteiger partial charge in [0.25, 0.3) is 0 Å². The Balaban J connectivity index is 2.21. The number of carbonyl (C=O) groups is 1. The highest BCUT2D eigenvalue weighted by atomic mass is 35.5. The normalized spacial score (nSPS) is 11.0. The number of benzene rings is 1. The molecule has 0 fully saturated rings. The molecule has 1 rings (SSSR count). The zero-order valence-corrected chi connectivity index (χ0v) is 14.0. The predicted molar refractivity (Wildman–Crippen MR) is 91.9 cm³/mol. The van der Waals surface area contributed by atoms with E-state index in [4.69, 9.17) is 23.2 Å². The summed E-state index contributed by atoms with van der Waals surface area (Å²) in [6.07, 6.45) is 10.6. The Hall–Kier alpha value is -0.990. The van der Waals surface area contributed by atoms with E-state index in [1.54, 1.807) is 18.2 Å². The Morgan fingerprint density at radius 2 is 1.81 bits per heavy atom.